The van der Waals surface area contributed by atoms with Crippen LogP contribution in [0.1, 0.15) is 43.9 Å². The molecule has 0 unspecified atom stereocenters. The summed E-state index contributed by atoms with van der Waals surface area (Å²) in [5, 5.41) is 3.49. The molecule has 0 aliphatic heterocycles. The second-order valence-electron chi connectivity index (χ2n) is 6.50. The predicted octanol–water partition coefficient (Wildman–Crippen LogP) is 4.86. The number of hydrogen-bond acceptors (Lipinski definition) is 1. The lowest BCUT2D eigenvalue weighted by Gasteiger charge is -2.26. The Balaban J connectivity index is 2.00. The number of guanidine groups is 1. The molecule has 0 spiro atoms. The molecule has 0 fully saturated rings. The number of nitrogens with one attached hydrogen (secondary N) is 1. The third kappa shape index (κ3) is 3.87. The lowest BCUT2D eigenvalue weighted by molar-refractivity contribution is 0.901. The Hall–Kier alpha value is -2.29. The van der Waals surface area contributed by atoms with E-state index < -0.39 is 0 Å². The summed E-state index contributed by atoms with van der Waals surface area (Å²) in [4.78, 5) is 7.33. The van der Waals surface area contributed by atoms with E-state index >= 15 is 0 Å². The van der Waals surface area contributed by atoms with Gasteiger partial charge in [-0.25, -0.2) is 4.99 Å². The van der Waals surface area contributed by atoms with Gasteiger partial charge in [-0.1, -0.05) is 31.2 Å². The van der Waals surface area contributed by atoms with Gasteiger partial charge in [-0.05, 0) is 74.4 Å². The highest BCUT2D eigenvalue weighted by Crippen LogP contribution is 2.31. The highest BCUT2D eigenvalue weighted by atomic mass is 15.3. The molecule has 3 rings (SSSR count). The molecule has 0 aromatic heterocycles. The van der Waals surface area contributed by atoms with Crippen molar-refractivity contribution >= 4 is 17.3 Å². The van der Waals surface area contributed by atoms with E-state index in [-0.39, 0.29) is 0 Å². The standard InChI is InChI=1S/C22H29N3/c1-4-17-10-7-13-19(16-17)25(6-3)22(23-5-2)24-21-15-9-12-18-11-8-14-20(18)21/h7,9-10,12-13,15-16H,4-6,8,11,14H2,1-3H3,(H,23,24). The summed E-state index contributed by atoms with van der Waals surface area (Å²) in [5.74, 6) is 0.943. The average Bonchev–Trinajstić information content (AvgIpc) is 3.12. The van der Waals surface area contributed by atoms with Crippen LogP contribution in [-0.4, -0.2) is 19.0 Å². The summed E-state index contributed by atoms with van der Waals surface area (Å²) in [6.07, 6.45) is 4.62. The van der Waals surface area contributed by atoms with E-state index in [0.717, 1.165) is 37.6 Å². The molecule has 3 heteroatoms. The number of hydrogen-bond donors (Lipinski definition) is 1. The van der Waals surface area contributed by atoms with E-state index in [1.54, 1.807) is 0 Å². The number of aliphatic imine (C=N–C) groups is 1. The van der Waals surface area contributed by atoms with Crippen molar-refractivity contribution in [3.8, 4) is 0 Å². The molecule has 0 heterocycles. The predicted molar refractivity (Wildman–Crippen MR) is 108 cm³/mol. The topological polar surface area (TPSA) is 27.6 Å². The Morgan fingerprint density at radius 1 is 1.08 bits per heavy atom. The van der Waals surface area contributed by atoms with E-state index in [9.17, 15) is 0 Å². The van der Waals surface area contributed by atoms with E-state index in [1.807, 2.05) is 0 Å². The fourth-order valence-electron chi connectivity index (χ4n) is 3.57. The summed E-state index contributed by atoms with van der Waals surface area (Å²) in [5.41, 5.74) is 6.57. The summed E-state index contributed by atoms with van der Waals surface area (Å²) in [6, 6.07) is 15.3. The maximum atomic E-state index is 5.05. The quantitative estimate of drug-likeness (QED) is 0.624. The van der Waals surface area contributed by atoms with Gasteiger partial charge >= 0.3 is 0 Å². The number of rotatable bonds is 5. The molecular formula is C22H29N3. The maximum Gasteiger partial charge on any atom is 0.203 e. The first-order valence-corrected chi connectivity index (χ1v) is 9.56. The van der Waals surface area contributed by atoms with Gasteiger partial charge in [0.05, 0.1) is 5.69 Å². The van der Waals surface area contributed by atoms with Gasteiger partial charge in [0.2, 0.25) is 5.96 Å². The highest BCUT2D eigenvalue weighted by Gasteiger charge is 2.17. The molecule has 1 N–H and O–H groups in total. The van der Waals surface area contributed by atoms with Gasteiger partial charge in [-0.3, -0.25) is 0 Å². The van der Waals surface area contributed by atoms with Crippen LogP contribution in [0.15, 0.2) is 47.5 Å². The van der Waals surface area contributed by atoms with Crippen molar-refractivity contribution in [1.82, 2.24) is 5.32 Å². The minimum atomic E-state index is 0.859. The first-order chi connectivity index (χ1) is 12.3. The average molecular weight is 335 g/mol. The minimum Gasteiger partial charge on any atom is -0.356 e. The van der Waals surface area contributed by atoms with E-state index in [4.69, 9.17) is 4.99 Å². The fraction of sp³-hybridized carbons (Fsp3) is 0.409. The monoisotopic (exact) mass is 335 g/mol. The highest BCUT2D eigenvalue weighted by molar-refractivity contribution is 5.97. The number of nitrogens with zero attached hydrogens (tertiary/aromatic N) is 2. The van der Waals surface area contributed by atoms with Crippen molar-refractivity contribution in [2.75, 3.05) is 18.0 Å². The molecule has 3 nitrogen and oxygen atoms in total. The maximum absolute atomic E-state index is 5.05. The lowest BCUT2D eigenvalue weighted by atomic mass is 10.1. The van der Waals surface area contributed by atoms with Gasteiger partial charge in [-0.15, -0.1) is 0 Å². The molecule has 1 aliphatic rings. The number of anilines is 1. The van der Waals surface area contributed by atoms with Crippen LogP contribution in [0, 0.1) is 0 Å². The third-order valence-electron chi connectivity index (χ3n) is 4.88. The molecule has 0 saturated heterocycles. The zero-order valence-corrected chi connectivity index (χ0v) is 15.7. The van der Waals surface area contributed by atoms with Crippen LogP contribution >= 0.6 is 0 Å². The van der Waals surface area contributed by atoms with Gasteiger partial charge in [0, 0.05) is 18.8 Å². The Morgan fingerprint density at radius 3 is 2.68 bits per heavy atom. The lowest BCUT2D eigenvalue weighted by Crippen LogP contribution is -2.41. The minimum absolute atomic E-state index is 0.859. The van der Waals surface area contributed by atoms with Crippen molar-refractivity contribution in [1.29, 1.82) is 0 Å². The molecule has 132 valence electrons. The number of benzene rings is 2. The Morgan fingerprint density at radius 2 is 1.92 bits per heavy atom. The van der Waals surface area contributed by atoms with Crippen molar-refractivity contribution in [2.24, 2.45) is 4.99 Å². The molecule has 0 radical (unpaired) electrons. The van der Waals surface area contributed by atoms with E-state index in [2.05, 4.69) is 73.5 Å². The van der Waals surface area contributed by atoms with Gasteiger partial charge in [0.1, 0.15) is 0 Å². The van der Waals surface area contributed by atoms with Crippen molar-refractivity contribution in [2.45, 2.75) is 46.5 Å². The van der Waals surface area contributed by atoms with Gasteiger partial charge in [0.15, 0.2) is 0 Å². The van der Waals surface area contributed by atoms with Crippen LogP contribution in [0.25, 0.3) is 0 Å². The second kappa shape index (κ2) is 8.19. The first-order valence-electron chi connectivity index (χ1n) is 9.56. The smallest absolute Gasteiger partial charge is 0.203 e. The summed E-state index contributed by atoms with van der Waals surface area (Å²) < 4.78 is 0. The molecule has 0 atom stereocenters. The van der Waals surface area contributed by atoms with Crippen LogP contribution in [-0.2, 0) is 19.3 Å². The molecular weight excluding hydrogens is 306 g/mol. The Bertz CT molecular complexity index is 749. The van der Waals surface area contributed by atoms with Crippen LogP contribution in [0.2, 0.25) is 0 Å². The van der Waals surface area contributed by atoms with Crippen LogP contribution in [0.4, 0.5) is 11.4 Å². The zero-order valence-electron chi connectivity index (χ0n) is 15.7. The summed E-state index contributed by atoms with van der Waals surface area (Å²) in [7, 11) is 0. The Kier molecular flexibility index (Phi) is 5.75. The third-order valence-corrected chi connectivity index (χ3v) is 4.88. The fourth-order valence-corrected chi connectivity index (χ4v) is 3.57. The largest absolute Gasteiger partial charge is 0.356 e. The molecule has 25 heavy (non-hydrogen) atoms. The number of fused-ring (bicyclic) bond motifs is 1. The van der Waals surface area contributed by atoms with Crippen LogP contribution in [0.5, 0.6) is 0 Å². The zero-order chi connectivity index (χ0) is 17.6. The number of aryl methyl sites for hydroxylation is 2. The second-order valence-corrected chi connectivity index (χ2v) is 6.50. The molecule has 0 saturated carbocycles. The molecule has 1 aliphatic carbocycles. The molecule has 0 bridgehead atoms. The van der Waals surface area contributed by atoms with E-state index in [0.29, 0.717) is 0 Å². The van der Waals surface area contributed by atoms with Crippen LogP contribution in [0.3, 0.4) is 0 Å². The molecule has 0 amide bonds. The van der Waals surface area contributed by atoms with Gasteiger partial charge in [-0.2, -0.15) is 0 Å². The molecule has 2 aromatic carbocycles. The van der Waals surface area contributed by atoms with Crippen molar-refractivity contribution in [3.63, 3.8) is 0 Å². The summed E-state index contributed by atoms with van der Waals surface area (Å²) in [6.45, 7) is 8.25. The SMILES string of the molecule is CCNC(=Nc1cccc2c1CCC2)N(CC)c1cccc(CC)c1. The van der Waals surface area contributed by atoms with Crippen molar-refractivity contribution < 1.29 is 0 Å². The Labute approximate surface area is 151 Å². The molecule has 2 aromatic rings. The van der Waals surface area contributed by atoms with Gasteiger partial charge in [0.25, 0.3) is 0 Å². The van der Waals surface area contributed by atoms with Gasteiger partial charge < -0.3 is 10.2 Å². The van der Waals surface area contributed by atoms with E-state index in [1.165, 1.54) is 35.2 Å². The van der Waals surface area contributed by atoms with Crippen LogP contribution < -0.4 is 10.2 Å². The normalized spacial score (nSPS) is 13.6. The van der Waals surface area contributed by atoms with Crippen molar-refractivity contribution in [3.05, 3.63) is 59.2 Å². The summed E-state index contributed by atoms with van der Waals surface area (Å²) >= 11 is 0. The first kappa shape index (κ1) is 17.5.